The Morgan fingerprint density at radius 3 is 1.93 bits per heavy atom. The number of halogens is 4. The standard InChI is InChI=1S/C6H5Cl2O2P.CH2Cl2/c7-11(8,9)10-6-4-2-1-3-5-6;2-1-3/h1-5H;1H2. The van der Waals surface area contributed by atoms with E-state index in [4.69, 9.17) is 45.7 Å². The minimum absolute atomic E-state index is 0.194. The van der Waals surface area contributed by atoms with E-state index in [1.807, 2.05) is 0 Å². The molecule has 7 heteroatoms. The van der Waals surface area contributed by atoms with Crippen LogP contribution >= 0.6 is 51.8 Å². The Morgan fingerprint density at radius 1 is 1.14 bits per heavy atom. The highest BCUT2D eigenvalue weighted by Crippen LogP contribution is 2.56. The third-order valence-electron chi connectivity index (χ3n) is 0.955. The number of rotatable bonds is 2. The zero-order chi connectivity index (χ0) is 11.0. The van der Waals surface area contributed by atoms with Crippen molar-refractivity contribution in [1.29, 1.82) is 0 Å². The first-order valence-corrected chi connectivity index (χ1v) is 7.86. The first-order valence-electron chi connectivity index (χ1n) is 3.35. The Kier molecular flexibility index (Phi) is 7.89. The molecule has 0 saturated carbocycles. The van der Waals surface area contributed by atoms with E-state index in [2.05, 4.69) is 4.52 Å². The maximum atomic E-state index is 10.7. The molecule has 1 aromatic rings. The van der Waals surface area contributed by atoms with E-state index in [1.54, 1.807) is 30.3 Å². The molecule has 0 aliphatic rings. The first-order chi connectivity index (χ1) is 6.49. The van der Waals surface area contributed by atoms with Crippen LogP contribution in [0, 0.1) is 0 Å². The SMILES string of the molecule is ClCCl.O=P(Cl)(Cl)Oc1ccccc1. The van der Waals surface area contributed by atoms with Gasteiger partial charge in [-0.25, -0.2) is 4.57 Å². The summed E-state index contributed by atoms with van der Waals surface area (Å²) in [4.78, 5) is 0. The van der Waals surface area contributed by atoms with Crippen LogP contribution in [0.15, 0.2) is 30.3 Å². The van der Waals surface area contributed by atoms with Gasteiger partial charge in [-0.3, -0.25) is 0 Å². The van der Waals surface area contributed by atoms with Gasteiger partial charge in [0, 0.05) is 22.5 Å². The zero-order valence-corrected chi connectivity index (χ0v) is 10.8. The van der Waals surface area contributed by atoms with E-state index in [0.29, 0.717) is 5.75 Å². The molecule has 1 aromatic carbocycles. The minimum Gasteiger partial charge on any atom is -0.422 e. The molecule has 0 spiro atoms. The van der Waals surface area contributed by atoms with Crippen molar-refractivity contribution in [1.82, 2.24) is 0 Å². The number of benzene rings is 1. The molecule has 0 aliphatic heterocycles. The van der Waals surface area contributed by atoms with Gasteiger partial charge in [0.2, 0.25) is 0 Å². The smallest absolute Gasteiger partial charge is 0.422 e. The highest BCUT2D eigenvalue weighted by Gasteiger charge is 2.15. The van der Waals surface area contributed by atoms with Crippen molar-refractivity contribution >= 4 is 51.8 Å². The van der Waals surface area contributed by atoms with Crippen molar-refractivity contribution in [2.75, 3.05) is 5.34 Å². The lowest BCUT2D eigenvalue weighted by molar-refractivity contribution is 0.513. The van der Waals surface area contributed by atoms with E-state index in [9.17, 15) is 4.57 Å². The van der Waals surface area contributed by atoms with Crippen molar-refractivity contribution in [3.63, 3.8) is 0 Å². The second-order valence-corrected chi connectivity index (χ2v) is 6.93. The molecule has 0 atom stereocenters. The molecule has 0 unspecified atom stereocenters. The molecule has 0 aromatic heterocycles. The van der Waals surface area contributed by atoms with Gasteiger partial charge in [-0.1, -0.05) is 18.2 Å². The number of hydrogen-bond acceptors (Lipinski definition) is 2. The van der Waals surface area contributed by atoms with Gasteiger partial charge in [0.25, 0.3) is 0 Å². The summed E-state index contributed by atoms with van der Waals surface area (Å²) in [7, 11) is 0. The van der Waals surface area contributed by atoms with Crippen molar-refractivity contribution < 1.29 is 9.09 Å². The highest BCUT2D eigenvalue weighted by atomic mass is 35.9. The molecule has 2 nitrogen and oxygen atoms in total. The van der Waals surface area contributed by atoms with E-state index in [-0.39, 0.29) is 5.34 Å². The van der Waals surface area contributed by atoms with Gasteiger partial charge < -0.3 is 4.52 Å². The summed E-state index contributed by atoms with van der Waals surface area (Å²) in [6, 6.07) is 8.52. The Bertz CT molecular complexity index is 287. The first kappa shape index (κ1) is 14.4. The van der Waals surface area contributed by atoms with Crippen LogP contribution in [0.2, 0.25) is 0 Å². The van der Waals surface area contributed by atoms with Gasteiger partial charge in [0.05, 0.1) is 5.34 Å². The average molecular weight is 296 g/mol. The largest absolute Gasteiger partial charge is 0.428 e. The third kappa shape index (κ3) is 8.98. The Balaban J connectivity index is 0.000000500. The number of hydrogen-bond donors (Lipinski definition) is 0. The maximum absolute atomic E-state index is 10.7. The van der Waals surface area contributed by atoms with Crippen molar-refractivity contribution in [2.45, 2.75) is 0 Å². The maximum Gasteiger partial charge on any atom is 0.428 e. The van der Waals surface area contributed by atoms with Gasteiger partial charge >= 0.3 is 6.07 Å². The average Bonchev–Trinajstić information content (AvgIpc) is 2.04. The van der Waals surface area contributed by atoms with Crippen LogP contribution in [0.3, 0.4) is 0 Å². The lowest BCUT2D eigenvalue weighted by Crippen LogP contribution is -1.79. The van der Waals surface area contributed by atoms with Gasteiger partial charge in [0.15, 0.2) is 0 Å². The molecular formula is C7H7Cl4O2P. The van der Waals surface area contributed by atoms with Gasteiger partial charge in [-0.15, -0.1) is 23.2 Å². The molecular weight excluding hydrogens is 289 g/mol. The second kappa shape index (κ2) is 7.67. The van der Waals surface area contributed by atoms with Crippen molar-refractivity contribution in [3.8, 4) is 5.75 Å². The Hall–Kier alpha value is 0.410. The van der Waals surface area contributed by atoms with Gasteiger partial charge in [0.1, 0.15) is 5.75 Å². The fourth-order valence-corrected chi connectivity index (χ4v) is 1.45. The van der Waals surface area contributed by atoms with Crippen LogP contribution in [0.1, 0.15) is 0 Å². The summed E-state index contributed by atoms with van der Waals surface area (Å²) in [5, 5.41) is 0.194. The van der Waals surface area contributed by atoms with Crippen LogP contribution < -0.4 is 4.52 Å². The molecule has 0 amide bonds. The number of para-hydroxylation sites is 1. The lowest BCUT2D eigenvalue weighted by atomic mass is 10.3. The monoisotopic (exact) mass is 294 g/mol. The molecule has 0 N–H and O–H groups in total. The van der Waals surface area contributed by atoms with Crippen molar-refractivity contribution in [3.05, 3.63) is 30.3 Å². The molecule has 0 radical (unpaired) electrons. The number of alkyl halides is 2. The highest BCUT2D eigenvalue weighted by molar-refractivity contribution is 8.05. The van der Waals surface area contributed by atoms with Crippen LogP contribution in [-0.2, 0) is 4.57 Å². The molecule has 80 valence electrons. The van der Waals surface area contributed by atoms with E-state index >= 15 is 0 Å². The van der Waals surface area contributed by atoms with Gasteiger partial charge in [-0.05, 0) is 12.1 Å². The second-order valence-electron chi connectivity index (χ2n) is 1.92. The third-order valence-corrected chi connectivity index (χ3v) is 1.79. The summed E-state index contributed by atoms with van der Waals surface area (Å²) in [6.45, 7) is 0. The molecule has 0 saturated heterocycles. The predicted octanol–water partition coefficient (Wildman–Crippen LogP) is 5.07. The molecule has 1 rings (SSSR count). The Morgan fingerprint density at radius 2 is 1.57 bits per heavy atom. The van der Waals surface area contributed by atoms with Gasteiger partial charge in [-0.2, -0.15) is 0 Å². The summed E-state index contributed by atoms with van der Waals surface area (Å²) < 4.78 is 15.4. The summed E-state index contributed by atoms with van der Waals surface area (Å²) >= 11 is 19.9. The molecule has 14 heavy (non-hydrogen) atoms. The molecule has 0 bridgehead atoms. The van der Waals surface area contributed by atoms with Crippen LogP contribution in [0.5, 0.6) is 5.75 Å². The normalized spacial score (nSPS) is 10.0. The Labute approximate surface area is 102 Å². The van der Waals surface area contributed by atoms with E-state index in [1.165, 1.54) is 0 Å². The summed E-state index contributed by atoms with van der Waals surface area (Å²) in [6.07, 6.45) is -3.44. The summed E-state index contributed by atoms with van der Waals surface area (Å²) in [5.41, 5.74) is 0. The van der Waals surface area contributed by atoms with E-state index in [0.717, 1.165) is 0 Å². The predicted molar refractivity (Wildman–Crippen MR) is 63.0 cm³/mol. The van der Waals surface area contributed by atoms with Crippen molar-refractivity contribution in [2.24, 2.45) is 0 Å². The van der Waals surface area contributed by atoms with E-state index < -0.39 is 6.07 Å². The zero-order valence-electron chi connectivity index (χ0n) is 6.87. The minimum atomic E-state index is -3.44. The fourth-order valence-electron chi connectivity index (χ4n) is 0.604. The van der Waals surface area contributed by atoms with Crippen LogP contribution in [0.4, 0.5) is 0 Å². The van der Waals surface area contributed by atoms with Crippen LogP contribution in [-0.4, -0.2) is 5.34 Å². The lowest BCUT2D eigenvalue weighted by Gasteiger charge is -2.03. The quantitative estimate of drug-likeness (QED) is 0.562. The molecule has 0 fully saturated rings. The fraction of sp³-hybridized carbons (Fsp3) is 0.143. The van der Waals surface area contributed by atoms with Crippen LogP contribution in [0.25, 0.3) is 0 Å². The summed E-state index contributed by atoms with van der Waals surface area (Å²) in [5.74, 6) is 0.404. The molecule has 0 heterocycles. The topological polar surface area (TPSA) is 26.3 Å². The molecule has 0 aliphatic carbocycles.